The van der Waals surface area contributed by atoms with E-state index in [1.165, 1.54) is 0 Å². The zero-order valence-electron chi connectivity index (χ0n) is 11.1. The van der Waals surface area contributed by atoms with Gasteiger partial charge in [0.05, 0.1) is 21.3 Å². The molecule has 3 nitrogen and oxygen atoms in total. The molecule has 6 heteroatoms. The van der Waals surface area contributed by atoms with Crippen molar-refractivity contribution >= 4 is 45.4 Å². The number of carbonyl (C=O) groups excluding carboxylic acids is 1. The van der Waals surface area contributed by atoms with Crippen LogP contribution in [0.15, 0.2) is 53.1 Å². The molecule has 2 aromatic carbocycles. The van der Waals surface area contributed by atoms with E-state index in [2.05, 4.69) is 21.0 Å². The largest absolute Gasteiger partial charge is 0.298 e. The van der Waals surface area contributed by atoms with Crippen molar-refractivity contribution in [3.05, 3.63) is 68.7 Å². The summed E-state index contributed by atoms with van der Waals surface area (Å²) in [6.45, 7) is 0. The van der Waals surface area contributed by atoms with Crippen molar-refractivity contribution in [3.63, 3.8) is 0 Å². The lowest BCUT2D eigenvalue weighted by molar-refractivity contribution is 0.112. The number of hydrogen-bond acceptors (Lipinski definition) is 2. The fourth-order valence-electron chi connectivity index (χ4n) is 2.11. The summed E-state index contributed by atoms with van der Waals surface area (Å²) in [6, 6.07) is 14.7. The predicted octanol–water partition coefficient (Wildman–Crippen LogP) is 5.42. The van der Waals surface area contributed by atoms with E-state index in [9.17, 15) is 4.79 Å². The number of hydrogen-bond donors (Lipinski definition) is 0. The molecule has 1 aromatic heterocycles. The lowest BCUT2D eigenvalue weighted by atomic mass is 10.1. The highest BCUT2D eigenvalue weighted by molar-refractivity contribution is 9.10. The maximum atomic E-state index is 11.5. The van der Waals surface area contributed by atoms with Gasteiger partial charge in [-0.25, -0.2) is 4.68 Å². The molecule has 22 heavy (non-hydrogen) atoms. The van der Waals surface area contributed by atoms with Crippen molar-refractivity contribution in [2.24, 2.45) is 0 Å². The summed E-state index contributed by atoms with van der Waals surface area (Å²) >= 11 is 15.4. The van der Waals surface area contributed by atoms with Crippen LogP contribution in [0.25, 0.3) is 16.9 Å². The fourth-order valence-corrected chi connectivity index (χ4v) is 2.97. The number of aldehydes is 1. The van der Waals surface area contributed by atoms with Crippen LogP contribution in [-0.4, -0.2) is 16.1 Å². The third kappa shape index (κ3) is 2.70. The van der Waals surface area contributed by atoms with Crippen LogP contribution in [0.1, 0.15) is 10.4 Å². The lowest BCUT2D eigenvalue weighted by Crippen LogP contribution is -1.96. The molecule has 3 rings (SSSR count). The summed E-state index contributed by atoms with van der Waals surface area (Å²) < 4.78 is 2.26. The Morgan fingerprint density at radius 3 is 2.41 bits per heavy atom. The molecule has 110 valence electrons. The molecule has 3 aromatic rings. The molecule has 0 radical (unpaired) electrons. The number of benzene rings is 2. The molecule has 0 fully saturated rings. The monoisotopic (exact) mass is 394 g/mol. The van der Waals surface area contributed by atoms with Gasteiger partial charge in [0.1, 0.15) is 10.3 Å². The molecular weight excluding hydrogens is 387 g/mol. The minimum atomic E-state index is 0.418. The van der Waals surface area contributed by atoms with Gasteiger partial charge in [-0.2, -0.15) is 5.10 Å². The van der Waals surface area contributed by atoms with Crippen LogP contribution in [0.3, 0.4) is 0 Å². The van der Waals surface area contributed by atoms with Gasteiger partial charge in [-0.05, 0) is 40.2 Å². The van der Waals surface area contributed by atoms with Crippen molar-refractivity contribution in [3.8, 4) is 16.9 Å². The van der Waals surface area contributed by atoms with E-state index in [0.29, 0.717) is 25.9 Å². The van der Waals surface area contributed by atoms with Gasteiger partial charge in [-0.1, -0.05) is 47.5 Å². The second-order valence-corrected chi connectivity index (χ2v) is 6.11. The Balaban J connectivity index is 2.20. The number of nitrogens with zero attached hydrogens (tertiary/aromatic N) is 2. The standard InChI is InChI=1S/C16H9BrCl2N2O/c17-16-12(9-22)15(10-6-7-13(18)14(19)8-10)20-21(16)11-4-2-1-3-5-11/h1-9H. The highest BCUT2D eigenvalue weighted by atomic mass is 79.9. The molecule has 0 spiro atoms. The Bertz CT molecular complexity index is 847. The number of para-hydroxylation sites is 1. The van der Waals surface area contributed by atoms with E-state index in [4.69, 9.17) is 23.2 Å². The van der Waals surface area contributed by atoms with Gasteiger partial charge >= 0.3 is 0 Å². The van der Waals surface area contributed by atoms with E-state index < -0.39 is 0 Å². The van der Waals surface area contributed by atoms with Crippen molar-refractivity contribution in [2.45, 2.75) is 0 Å². The SMILES string of the molecule is O=Cc1c(-c2ccc(Cl)c(Cl)c2)nn(-c2ccccc2)c1Br. The molecule has 0 aliphatic rings. The van der Waals surface area contributed by atoms with Gasteiger partial charge in [-0.3, -0.25) is 4.79 Å². The first-order valence-corrected chi connectivity index (χ1v) is 7.91. The van der Waals surface area contributed by atoms with E-state index in [1.54, 1.807) is 22.9 Å². The number of halogens is 3. The first-order chi connectivity index (χ1) is 10.6. The van der Waals surface area contributed by atoms with Gasteiger partial charge in [-0.15, -0.1) is 0 Å². The minimum Gasteiger partial charge on any atom is -0.298 e. The Hall–Kier alpha value is -1.62. The Kier molecular flexibility index (Phi) is 4.34. The minimum absolute atomic E-state index is 0.418. The highest BCUT2D eigenvalue weighted by Crippen LogP contribution is 2.33. The van der Waals surface area contributed by atoms with Crippen molar-refractivity contribution in [1.29, 1.82) is 0 Å². The van der Waals surface area contributed by atoms with E-state index in [-0.39, 0.29) is 0 Å². The summed E-state index contributed by atoms with van der Waals surface area (Å²) in [5.74, 6) is 0. The molecule has 1 heterocycles. The Morgan fingerprint density at radius 2 is 1.77 bits per heavy atom. The first-order valence-electron chi connectivity index (χ1n) is 6.36. The molecular formula is C16H9BrCl2N2O. The second-order valence-electron chi connectivity index (χ2n) is 4.55. The van der Waals surface area contributed by atoms with Crippen LogP contribution in [0, 0.1) is 0 Å². The summed E-state index contributed by atoms with van der Waals surface area (Å²) in [5.41, 5.74) is 2.59. The van der Waals surface area contributed by atoms with Gasteiger partial charge < -0.3 is 0 Å². The topological polar surface area (TPSA) is 34.9 Å². The zero-order valence-corrected chi connectivity index (χ0v) is 14.2. The van der Waals surface area contributed by atoms with E-state index in [0.717, 1.165) is 17.5 Å². The third-order valence-corrected chi connectivity index (χ3v) is 4.68. The average molecular weight is 396 g/mol. The smallest absolute Gasteiger partial charge is 0.155 e. The molecule has 0 saturated carbocycles. The van der Waals surface area contributed by atoms with Gasteiger partial charge in [0.15, 0.2) is 6.29 Å². The van der Waals surface area contributed by atoms with Gasteiger partial charge in [0, 0.05) is 5.56 Å². The lowest BCUT2D eigenvalue weighted by Gasteiger charge is -2.02. The molecule has 0 aliphatic carbocycles. The van der Waals surface area contributed by atoms with Crippen LogP contribution in [-0.2, 0) is 0 Å². The van der Waals surface area contributed by atoms with Crippen LogP contribution < -0.4 is 0 Å². The van der Waals surface area contributed by atoms with Crippen LogP contribution in [0.5, 0.6) is 0 Å². The number of carbonyl (C=O) groups is 1. The summed E-state index contributed by atoms with van der Waals surface area (Å²) in [7, 11) is 0. The summed E-state index contributed by atoms with van der Waals surface area (Å²) in [5, 5.41) is 5.40. The molecule has 0 atom stereocenters. The number of rotatable bonds is 3. The molecule has 0 N–H and O–H groups in total. The van der Waals surface area contributed by atoms with Crippen LogP contribution in [0.2, 0.25) is 10.0 Å². The van der Waals surface area contributed by atoms with Crippen molar-refractivity contribution in [2.75, 3.05) is 0 Å². The predicted molar refractivity (Wildman–Crippen MR) is 92.1 cm³/mol. The maximum absolute atomic E-state index is 11.5. The molecule has 0 unspecified atom stereocenters. The maximum Gasteiger partial charge on any atom is 0.155 e. The molecule has 0 aliphatic heterocycles. The first kappa shape index (κ1) is 15.3. The Labute approximate surface area is 145 Å². The number of aromatic nitrogens is 2. The quantitative estimate of drug-likeness (QED) is 0.555. The summed E-state index contributed by atoms with van der Waals surface area (Å²) in [6.07, 6.45) is 0.772. The second kappa shape index (κ2) is 6.24. The summed E-state index contributed by atoms with van der Waals surface area (Å²) in [4.78, 5) is 11.5. The van der Waals surface area contributed by atoms with E-state index in [1.807, 2.05) is 30.3 Å². The van der Waals surface area contributed by atoms with Gasteiger partial charge in [0.25, 0.3) is 0 Å². The molecule has 0 amide bonds. The normalized spacial score (nSPS) is 10.7. The fraction of sp³-hybridized carbons (Fsp3) is 0. The molecule has 0 bridgehead atoms. The Morgan fingerprint density at radius 1 is 1.05 bits per heavy atom. The van der Waals surface area contributed by atoms with E-state index >= 15 is 0 Å². The zero-order chi connectivity index (χ0) is 15.7. The highest BCUT2D eigenvalue weighted by Gasteiger charge is 2.18. The van der Waals surface area contributed by atoms with Crippen LogP contribution in [0.4, 0.5) is 0 Å². The molecule has 0 saturated heterocycles. The van der Waals surface area contributed by atoms with Crippen molar-refractivity contribution in [1.82, 2.24) is 9.78 Å². The van der Waals surface area contributed by atoms with Crippen LogP contribution >= 0.6 is 39.1 Å². The third-order valence-electron chi connectivity index (χ3n) is 3.17. The van der Waals surface area contributed by atoms with Gasteiger partial charge in [0.2, 0.25) is 0 Å². The van der Waals surface area contributed by atoms with Crippen molar-refractivity contribution < 1.29 is 4.79 Å². The average Bonchev–Trinajstić information content (AvgIpc) is 2.87.